The Morgan fingerprint density at radius 1 is 1.50 bits per heavy atom. The molecule has 0 atom stereocenters. The zero-order valence-corrected chi connectivity index (χ0v) is 9.19. The van der Waals surface area contributed by atoms with Crippen LogP contribution in [0.15, 0.2) is 17.5 Å². The van der Waals surface area contributed by atoms with Crippen molar-refractivity contribution in [2.24, 2.45) is 0 Å². The molecule has 14 heavy (non-hydrogen) atoms. The standard InChI is InChI=1S/C11H15NOS/c1-11(6-2-3-7-11)12-10(13)9-5-4-8-14-9/h4-5,8H,2-3,6-7H2,1H3,(H,12,13). The molecule has 2 rings (SSSR count). The Morgan fingerprint density at radius 2 is 2.21 bits per heavy atom. The number of carbonyl (C=O) groups is 1. The van der Waals surface area contributed by atoms with E-state index in [1.807, 2.05) is 17.5 Å². The lowest BCUT2D eigenvalue weighted by Crippen LogP contribution is -2.43. The molecule has 1 saturated carbocycles. The molecule has 0 bridgehead atoms. The van der Waals surface area contributed by atoms with Gasteiger partial charge in [-0.3, -0.25) is 4.79 Å². The van der Waals surface area contributed by atoms with Crippen LogP contribution in [0.3, 0.4) is 0 Å². The lowest BCUT2D eigenvalue weighted by molar-refractivity contribution is 0.0912. The first-order chi connectivity index (χ1) is 6.70. The van der Waals surface area contributed by atoms with E-state index in [4.69, 9.17) is 0 Å². The van der Waals surface area contributed by atoms with Gasteiger partial charge in [-0.2, -0.15) is 0 Å². The van der Waals surface area contributed by atoms with Crippen LogP contribution >= 0.6 is 11.3 Å². The van der Waals surface area contributed by atoms with Crippen LogP contribution in [0.2, 0.25) is 0 Å². The second kappa shape index (κ2) is 3.73. The summed E-state index contributed by atoms with van der Waals surface area (Å²) in [5.74, 6) is 0.0874. The van der Waals surface area contributed by atoms with E-state index in [1.54, 1.807) is 0 Å². The van der Waals surface area contributed by atoms with Gasteiger partial charge in [0.05, 0.1) is 4.88 Å². The molecule has 3 heteroatoms. The minimum Gasteiger partial charge on any atom is -0.346 e. The molecular weight excluding hydrogens is 194 g/mol. The van der Waals surface area contributed by atoms with E-state index in [-0.39, 0.29) is 11.4 Å². The molecule has 76 valence electrons. The van der Waals surface area contributed by atoms with E-state index in [0.717, 1.165) is 17.7 Å². The van der Waals surface area contributed by atoms with Gasteiger partial charge in [-0.15, -0.1) is 11.3 Å². The Balaban J connectivity index is 2.01. The van der Waals surface area contributed by atoms with Crippen molar-refractivity contribution in [2.45, 2.75) is 38.1 Å². The number of amides is 1. The fourth-order valence-corrected chi connectivity index (χ4v) is 2.64. The van der Waals surface area contributed by atoms with Crippen LogP contribution in [0.5, 0.6) is 0 Å². The molecule has 0 unspecified atom stereocenters. The van der Waals surface area contributed by atoms with Gasteiger partial charge < -0.3 is 5.32 Å². The first kappa shape index (κ1) is 9.71. The molecule has 0 aliphatic heterocycles. The maximum atomic E-state index is 11.8. The van der Waals surface area contributed by atoms with Gasteiger partial charge in [0.25, 0.3) is 5.91 Å². The van der Waals surface area contributed by atoms with Crippen molar-refractivity contribution in [2.75, 3.05) is 0 Å². The van der Waals surface area contributed by atoms with E-state index in [9.17, 15) is 4.79 Å². The van der Waals surface area contributed by atoms with Gasteiger partial charge in [0.15, 0.2) is 0 Å². The predicted octanol–water partition coefficient (Wildman–Crippen LogP) is 2.81. The van der Waals surface area contributed by atoms with Gasteiger partial charge >= 0.3 is 0 Å². The number of rotatable bonds is 2. The molecule has 1 amide bonds. The minimum absolute atomic E-state index is 0.0427. The highest BCUT2D eigenvalue weighted by Gasteiger charge is 2.30. The molecule has 2 nitrogen and oxygen atoms in total. The van der Waals surface area contributed by atoms with E-state index >= 15 is 0 Å². The Morgan fingerprint density at radius 3 is 2.79 bits per heavy atom. The van der Waals surface area contributed by atoms with Gasteiger partial charge in [0, 0.05) is 5.54 Å². The molecule has 1 heterocycles. The minimum atomic E-state index is 0.0427. The summed E-state index contributed by atoms with van der Waals surface area (Å²) in [6.45, 7) is 2.14. The fraction of sp³-hybridized carbons (Fsp3) is 0.545. The summed E-state index contributed by atoms with van der Waals surface area (Å²) in [5, 5.41) is 5.07. The Kier molecular flexibility index (Phi) is 2.59. The highest BCUT2D eigenvalue weighted by atomic mass is 32.1. The van der Waals surface area contributed by atoms with Gasteiger partial charge in [0.1, 0.15) is 0 Å². The molecule has 0 aromatic carbocycles. The molecular formula is C11H15NOS. The molecule has 1 aromatic rings. The fourth-order valence-electron chi connectivity index (χ4n) is 2.02. The topological polar surface area (TPSA) is 29.1 Å². The number of hydrogen-bond donors (Lipinski definition) is 1. The summed E-state index contributed by atoms with van der Waals surface area (Å²) < 4.78 is 0. The van der Waals surface area contributed by atoms with E-state index < -0.39 is 0 Å². The van der Waals surface area contributed by atoms with Gasteiger partial charge in [-0.05, 0) is 31.2 Å². The quantitative estimate of drug-likeness (QED) is 0.797. The molecule has 0 saturated heterocycles. The number of carbonyl (C=O) groups excluding carboxylic acids is 1. The van der Waals surface area contributed by atoms with Crippen molar-refractivity contribution in [3.63, 3.8) is 0 Å². The summed E-state index contributed by atoms with van der Waals surface area (Å²) in [6, 6.07) is 3.79. The van der Waals surface area contributed by atoms with Gasteiger partial charge in [0.2, 0.25) is 0 Å². The van der Waals surface area contributed by atoms with Crippen LogP contribution in [0.25, 0.3) is 0 Å². The zero-order valence-electron chi connectivity index (χ0n) is 8.38. The highest BCUT2D eigenvalue weighted by molar-refractivity contribution is 7.12. The maximum absolute atomic E-state index is 11.8. The zero-order chi connectivity index (χ0) is 10.0. The molecule has 0 radical (unpaired) electrons. The van der Waals surface area contributed by atoms with E-state index in [0.29, 0.717) is 0 Å². The lowest BCUT2D eigenvalue weighted by atomic mass is 10.0. The Labute approximate surface area is 88.3 Å². The third-order valence-electron chi connectivity index (χ3n) is 2.87. The summed E-state index contributed by atoms with van der Waals surface area (Å²) in [5.41, 5.74) is 0.0427. The van der Waals surface area contributed by atoms with Crippen LogP contribution in [-0.4, -0.2) is 11.4 Å². The van der Waals surface area contributed by atoms with E-state index in [1.165, 1.54) is 24.2 Å². The molecule has 0 spiro atoms. The first-order valence-electron chi connectivity index (χ1n) is 5.06. The molecule has 1 aromatic heterocycles. The molecule has 1 aliphatic rings. The maximum Gasteiger partial charge on any atom is 0.261 e. The van der Waals surface area contributed by atoms with Crippen molar-refractivity contribution < 1.29 is 4.79 Å². The number of hydrogen-bond acceptors (Lipinski definition) is 2. The lowest BCUT2D eigenvalue weighted by Gasteiger charge is -2.24. The van der Waals surface area contributed by atoms with Crippen molar-refractivity contribution in [1.82, 2.24) is 5.32 Å². The molecule has 1 fully saturated rings. The summed E-state index contributed by atoms with van der Waals surface area (Å²) in [6.07, 6.45) is 4.71. The molecule has 1 N–H and O–H groups in total. The third-order valence-corrected chi connectivity index (χ3v) is 3.74. The highest BCUT2D eigenvalue weighted by Crippen LogP contribution is 2.29. The summed E-state index contributed by atoms with van der Waals surface area (Å²) >= 11 is 1.50. The monoisotopic (exact) mass is 209 g/mol. The average Bonchev–Trinajstić information content (AvgIpc) is 2.74. The van der Waals surface area contributed by atoms with Crippen molar-refractivity contribution in [3.8, 4) is 0 Å². The second-order valence-corrected chi connectivity index (χ2v) is 5.15. The van der Waals surface area contributed by atoms with Crippen LogP contribution in [0.4, 0.5) is 0 Å². The van der Waals surface area contributed by atoms with Gasteiger partial charge in [-0.1, -0.05) is 18.9 Å². The van der Waals surface area contributed by atoms with Crippen LogP contribution < -0.4 is 5.32 Å². The number of thiophene rings is 1. The largest absolute Gasteiger partial charge is 0.346 e. The van der Waals surface area contributed by atoms with Crippen LogP contribution in [-0.2, 0) is 0 Å². The second-order valence-electron chi connectivity index (χ2n) is 4.20. The predicted molar refractivity (Wildman–Crippen MR) is 58.7 cm³/mol. The molecule has 1 aliphatic carbocycles. The SMILES string of the molecule is CC1(NC(=O)c2cccs2)CCCC1. The number of nitrogens with one attached hydrogen (secondary N) is 1. The van der Waals surface area contributed by atoms with E-state index in [2.05, 4.69) is 12.2 Å². The van der Waals surface area contributed by atoms with Crippen LogP contribution in [0, 0.1) is 0 Å². The van der Waals surface area contributed by atoms with Crippen molar-refractivity contribution in [3.05, 3.63) is 22.4 Å². The third kappa shape index (κ3) is 1.98. The summed E-state index contributed by atoms with van der Waals surface area (Å²) in [7, 11) is 0. The first-order valence-corrected chi connectivity index (χ1v) is 5.94. The Bertz CT molecular complexity index is 312. The van der Waals surface area contributed by atoms with Crippen molar-refractivity contribution in [1.29, 1.82) is 0 Å². The Hall–Kier alpha value is -0.830. The smallest absolute Gasteiger partial charge is 0.261 e. The van der Waals surface area contributed by atoms with Crippen LogP contribution in [0.1, 0.15) is 42.3 Å². The van der Waals surface area contributed by atoms with Crippen molar-refractivity contribution >= 4 is 17.2 Å². The summed E-state index contributed by atoms with van der Waals surface area (Å²) in [4.78, 5) is 12.6. The average molecular weight is 209 g/mol. The van der Waals surface area contributed by atoms with Gasteiger partial charge in [-0.25, -0.2) is 0 Å². The normalized spacial score (nSPS) is 19.5.